The molecule has 0 N–H and O–H groups in total. The summed E-state index contributed by atoms with van der Waals surface area (Å²) in [5.74, 6) is 1.74. The van der Waals surface area contributed by atoms with Gasteiger partial charge in [-0.25, -0.2) is 15.0 Å². The maximum absolute atomic E-state index is 6.62. The number of nitrogens with zero attached hydrogens (tertiary/aromatic N) is 3. The summed E-state index contributed by atoms with van der Waals surface area (Å²) in [5, 5.41) is 8.83. The van der Waals surface area contributed by atoms with Crippen LogP contribution in [0, 0.1) is 0 Å². The highest BCUT2D eigenvalue weighted by molar-refractivity contribution is 6.17. The van der Waals surface area contributed by atoms with Gasteiger partial charge in [-0.05, 0) is 80.2 Å². The highest BCUT2D eigenvalue weighted by Crippen LogP contribution is 2.43. The van der Waals surface area contributed by atoms with E-state index in [9.17, 15) is 0 Å². The third kappa shape index (κ3) is 5.07. The van der Waals surface area contributed by atoms with Crippen LogP contribution in [-0.4, -0.2) is 15.0 Å². The van der Waals surface area contributed by atoms with Crippen LogP contribution in [0.25, 0.3) is 122 Å². The van der Waals surface area contributed by atoms with Crippen molar-refractivity contribution >= 4 is 65.4 Å². The molecule has 0 saturated carbocycles. The van der Waals surface area contributed by atoms with Crippen LogP contribution in [0.1, 0.15) is 0 Å². The van der Waals surface area contributed by atoms with E-state index in [4.69, 9.17) is 23.8 Å². The second-order valence-corrected chi connectivity index (χ2v) is 14.7. The van der Waals surface area contributed by atoms with E-state index in [2.05, 4.69) is 127 Å². The molecule has 0 aliphatic carbocycles. The summed E-state index contributed by atoms with van der Waals surface area (Å²) in [4.78, 5) is 15.4. The van der Waals surface area contributed by atoms with Gasteiger partial charge in [-0.15, -0.1) is 0 Å². The van der Waals surface area contributed by atoms with E-state index in [1.165, 1.54) is 16.3 Å². The smallest absolute Gasteiger partial charge is 0.167 e. The summed E-state index contributed by atoms with van der Waals surface area (Å²) in [5.41, 5.74) is 10.5. The van der Waals surface area contributed by atoms with Crippen molar-refractivity contribution in [3.63, 3.8) is 0 Å². The minimum absolute atomic E-state index is 0.555. The average Bonchev–Trinajstić information content (AvgIpc) is 3.87. The number of fused-ring (bicyclic) bond motifs is 8. The van der Waals surface area contributed by atoms with Gasteiger partial charge >= 0.3 is 0 Å². The first-order valence-electron chi connectivity index (χ1n) is 19.4. The van der Waals surface area contributed by atoms with E-state index >= 15 is 0 Å². The average molecular weight is 742 g/mol. The minimum atomic E-state index is 0.555. The fraction of sp³-hybridized carbons (Fsp3) is 0. The van der Waals surface area contributed by atoms with Crippen molar-refractivity contribution in [2.24, 2.45) is 0 Å². The normalized spacial score (nSPS) is 11.8. The van der Waals surface area contributed by atoms with Gasteiger partial charge in [0.05, 0.1) is 5.56 Å². The van der Waals surface area contributed by atoms with Crippen LogP contribution in [0.3, 0.4) is 0 Å². The monoisotopic (exact) mass is 741 g/mol. The number of furan rings is 2. The molecule has 0 bridgehead atoms. The van der Waals surface area contributed by atoms with Gasteiger partial charge in [-0.2, -0.15) is 0 Å². The van der Waals surface area contributed by atoms with Gasteiger partial charge in [-0.3, -0.25) is 0 Å². The molecule has 270 valence electrons. The third-order valence-corrected chi connectivity index (χ3v) is 11.4. The maximum atomic E-state index is 6.62. The van der Waals surface area contributed by atoms with Crippen molar-refractivity contribution < 1.29 is 8.83 Å². The molecule has 5 nitrogen and oxygen atoms in total. The second kappa shape index (κ2) is 12.8. The van der Waals surface area contributed by atoms with Gasteiger partial charge in [0.2, 0.25) is 0 Å². The molecule has 58 heavy (non-hydrogen) atoms. The third-order valence-electron chi connectivity index (χ3n) is 11.4. The quantitative estimate of drug-likeness (QED) is 0.176. The van der Waals surface area contributed by atoms with Crippen molar-refractivity contribution in [1.82, 2.24) is 15.0 Å². The molecule has 3 aromatic heterocycles. The number of benzene rings is 9. The molecule has 0 unspecified atom stereocenters. The summed E-state index contributed by atoms with van der Waals surface area (Å²) >= 11 is 0. The molecule has 3 heterocycles. The highest BCUT2D eigenvalue weighted by atomic mass is 16.3. The molecule has 0 spiro atoms. The fourth-order valence-electron chi connectivity index (χ4n) is 8.68. The minimum Gasteiger partial charge on any atom is -0.456 e. The first kappa shape index (κ1) is 32.4. The Labute approximate surface area is 332 Å². The molecule has 0 atom stereocenters. The summed E-state index contributed by atoms with van der Waals surface area (Å²) < 4.78 is 13.1. The molecule has 12 aromatic rings. The Morgan fingerprint density at radius 1 is 0.293 bits per heavy atom. The van der Waals surface area contributed by atoms with Crippen molar-refractivity contribution in [3.05, 3.63) is 188 Å². The summed E-state index contributed by atoms with van der Waals surface area (Å²) in [7, 11) is 0. The molecular weight excluding hydrogens is 711 g/mol. The Bertz CT molecular complexity index is 3580. The molecule has 0 aliphatic rings. The van der Waals surface area contributed by atoms with E-state index in [-0.39, 0.29) is 0 Å². The first-order valence-corrected chi connectivity index (χ1v) is 19.4. The van der Waals surface area contributed by atoms with E-state index in [1.54, 1.807) is 0 Å². The number of rotatable bonds is 5. The van der Waals surface area contributed by atoms with Crippen LogP contribution in [0.15, 0.2) is 197 Å². The largest absolute Gasteiger partial charge is 0.456 e. The Balaban J connectivity index is 1.04. The first-order chi connectivity index (χ1) is 28.7. The Morgan fingerprint density at radius 3 is 1.78 bits per heavy atom. The lowest BCUT2D eigenvalue weighted by atomic mass is 9.92. The van der Waals surface area contributed by atoms with Crippen molar-refractivity contribution in [1.29, 1.82) is 0 Å². The topological polar surface area (TPSA) is 65.0 Å². The van der Waals surface area contributed by atoms with E-state index in [0.717, 1.165) is 88.0 Å². The molecular formula is C53H31N3O2. The Hall–Kier alpha value is -7.89. The number of para-hydroxylation sites is 2. The highest BCUT2D eigenvalue weighted by Gasteiger charge is 2.21. The van der Waals surface area contributed by atoms with Crippen LogP contribution in [-0.2, 0) is 0 Å². The number of hydrogen-bond donors (Lipinski definition) is 0. The van der Waals surface area contributed by atoms with Gasteiger partial charge in [0, 0.05) is 32.7 Å². The molecule has 0 aliphatic heterocycles. The molecule has 0 saturated heterocycles. The lowest BCUT2D eigenvalue weighted by Gasteiger charge is -2.14. The predicted octanol–water partition coefficient (Wildman–Crippen LogP) is 14.3. The summed E-state index contributed by atoms with van der Waals surface area (Å²) in [6.45, 7) is 0. The molecule has 0 amide bonds. The van der Waals surface area contributed by atoms with Gasteiger partial charge in [0.25, 0.3) is 0 Å². The van der Waals surface area contributed by atoms with Crippen molar-refractivity contribution in [3.8, 4) is 56.4 Å². The van der Waals surface area contributed by atoms with Crippen molar-refractivity contribution in [2.75, 3.05) is 0 Å². The van der Waals surface area contributed by atoms with E-state index in [1.807, 2.05) is 60.7 Å². The van der Waals surface area contributed by atoms with Crippen LogP contribution < -0.4 is 0 Å². The maximum Gasteiger partial charge on any atom is 0.167 e. The standard InChI is InChI=1S/C53H31N3O2/c1-2-14-33(15-3-1)51-54-52(56-53(55-51)45-24-11-23-42-40-20-8-9-25-46(40)58-50(42)45)43-30-29-39(37-18-6-7-19-38(37)43)41-22-12-26-47-49(41)44-28-27-34(31-48(44)57-47)36-21-10-16-32-13-4-5-17-35(32)36/h1-31H. The second-order valence-electron chi connectivity index (χ2n) is 14.7. The Morgan fingerprint density at radius 2 is 0.897 bits per heavy atom. The zero-order valence-corrected chi connectivity index (χ0v) is 31.1. The zero-order chi connectivity index (χ0) is 38.2. The van der Waals surface area contributed by atoms with Crippen LogP contribution >= 0.6 is 0 Å². The van der Waals surface area contributed by atoms with Gasteiger partial charge in [0.1, 0.15) is 22.3 Å². The summed E-state index contributed by atoms with van der Waals surface area (Å²) in [6.07, 6.45) is 0. The molecule has 9 aromatic carbocycles. The zero-order valence-electron chi connectivity index (χ0n) is 31.1. The lowest BCUT2D eigenvalue weighted by Crippen LogP contribution is -2.01. The molecule has 0 fully saturated rings. The molecule has 0 radical (unpaired) electrons. The van der Waals surface area contributed by atoms with Crippen molar-refractivity contribution in [2.45, 2.75) is 0 Å². The molecule has 12 rings (SSSR count). The predicted molar refractivity (Wildman–Crippen MR) is 237 cm³/mol. The number of aromatic nitrogens is 3. The fourth-order valence-corrected chi connectivity index (χ4v) is 8.68. The van der Waals surface area contributed by atoms with Gasteiger partial charge < -0.3 is 8.83 Å². The number of hydrogen-bond acceptors (Lipinski definition) is 5. The van der Waals surface area contributed by atoms with Crippen LogP contribution in [0.2, 0.25) is 0 Å². The molecule has 5 heteroatoms. The Kier molecular flexibility index (Phi) is 7.16. The van der Waals surface area contributed by atoms with Gasteiger partial charge in [0.15, 0.2) is 17.5 Å². The van der Waals surface area contributed by atoms with Crippen LogP contribution in [0.5, 0.6) is 0 Å². The van der Waals surface area contributed by atoms with E-state index in [0.29, 0.717) is 17.5 Å². The van der Waals surface area contributed by atoms with E-state index < -0.39 is 0 Å². The lowest BCUT2D eigenvalue weighted by molar-refractivity contribution is 0.669. The SMILES string of the molecule is c1ccc(-c2nc(-c3ccc(-c4cccc5oc6cc(-c7cccc8ccccc78)ccc6c45)c4ccccc34)nc(-c3cccc4c3oc3ccccc34)n2)cc1. The van der Waals surface area contributed by atoms with Gasteiger partial charge in [-0.1, -0.05) is 152 Å². The van der Waals surface area contributed by atoms with Crippen LogP contribution in [0.4, 0.5) is 0 Å². The summed E-state index contributed by atoms with van der Waals surface area (Å²) in [6, 6.07) is 65.1.